The van der Waals surface area contributed by atoms with Crippen LogP contribution in [0.4, 0.5) is 5.69 Å². The van der Waals surface area contributed by atoms with Crippen molar-refractivity contribution in [1.82, 2.24) is 10.2 Å². The summed E-state index contributed by atoms with van der Waals surface area (Å²) in [5, 5.41) is 2.99. The minimum Gasteiger partial charge on any atom is -0.354 e. The Hall–Kier alpha value is -3.65. The van der Waals surface area contributed by atoms with Crippen LogP contribution in [0.2, 0.25) is 0 Å². The fourth-order valence-corrected chi connectivity index (χ4v) is 5.78. The van der Waals surface area contributed by atoms with Gasteiger partial charge in [-0.3, -0.25) is 13.9 Å². The lowest BCUT2D eigenvalue weighted by Gasteiger charge is -2.32. The third kappa shape index (κ3) is 8.95. The summed E-state index contributed by atoms with van der Waals surface area (Å²) in [6.07, 6.45) is 2.77. The molecule has 0 unspecified atom stereocenters. The van der Waals surface area contributed by atoms with Gasteiger partial charge in [-0.1, -0.05) is 85.3 Å². The lowest BCUT2D eigenvalue weighted by atomic mass is 10.0. The molecule has 8 heteroatoms. The van der Waals surface area contributed by atoms with Gasteiger partial charge in [0.25, 0.3) is 0 Å². The highest BCUT2D eigenvalue weighted by atomic mass is 32.2. The van der Waals surface area contributed by atoms with Gasteiger partial charge in [-0.25, -0.2) is 8.42 Å². The van der Waals surface area contributed by atoms with Crippen molar-refractivity contribution in [3.8, 4) is 0 Å². The van der Waals surface area contributed by atoms with Gasteiger partial charge >= 0.3 is 0 Å². The molecule has 0 saturated heterocycles. The Morgan fingerprint density at radius 1 is 0.900 bits per heavy atom. The van der Waals surface area contributed by atoms with E-state index < -0.39 is 16.1 Å². The number of para-hydroxylation sites is 1. The molecule has 7 nitrogen and oxygen atoms in total. The normalized spacial score (nSPS) is 12.0. The first-order valence-electron chi connectivity index (χ1n) is 13.8. The second-order valence-corrected chi connectivity index (χ2v) is 12.1. The predicted molar refractivity (Wildman–Crippen MR) is 162 cm³/mol. The zero-order valence-corrected chi connectivity index (χ0v) is 24.8. The molecule has 214 valence electrons. The van der Waals surface area contributed by atoms with Crippen LogP contribution >= 0.6 is 0 Å². The molecule has 1 N–H and O–H groups in total. The van der Waals surface area contributed by atoms with E-state index in [-0.39, 0.29) is 31.3 Å². The van der Waals surface area contributed by atoms with Crippen molar-refractivity contribution in [2.75, 3.05) is 23.7 Å². The molecule has 0 spiro atoms. The first kappa shape index (κ1) is 30.9. The van der Waals surface area contributed by atoms with Crippen molar-refractivity contribution in [1.29, 1.82) is 0 Å². The average molecular weight is 564 g/mol. The minimum atomic E-state index is -3.55. The number of rotatable bonds is 14. The van der Waals surface area contributed by atoms with E-state index in [0.29, 0.717) is 25.1 Å². The molecule has 1 atom stereocenters. The Balaban J connectivity index is 1.88. The van der Waals surface area contributed by atoms with E-state index in [1.54, 1.807) is 17.0 Å². The third-order valence-electron chi connectivity index (χ3n) is 6.79. The number of nitrogens with zero attached hydrogens (tertiary/aromatic N) is 2. The van der Waals surface area contributed by atoms with E-state index in [1.165, 1.54) is 10.6 Å². The maximum atomic E-state index is 13.9. The van der Waals surface area contributed by atoms with E-state index in [2.05, 4.69) is 5.32 Å². The van der Waals surface area contributed by atoms with Gasteiger partial charge in [0.2, 0.25) is 21.8 Å². The molecule has 2 amide bonds. The van der Waals surface area contributed by atoms with Crippen molar-refractivity contribution in [2.24, 2.45) is 0 Å². The number of nitrogens with one attached hydrogen (secondary N) is 1. The maximum absolute atomic E-state index is 13.9. The number of sulfonamides is 1. The van der Waals surface area contributed by atoms with E-state index in [9.17, 15) is 18.0 Å². The summed E-state index contributed by atoms with van der Waals surface area (Å²) in [7, 11) is -3.55. The van der Waals surface area contributed by atoms with Crippen LogP contribution in [0.1, 0.15) is 48.4 Å². The van der Waals surface area contributed by atoms with Gasteiger partial charge in [0.15, 0.2) is 0 Å². The molecule has 0 aliphatic rings. The standard InChI is InChI=1S/C32H41N3O4S/c1-5-20-33-32(37)30(23-27-15-7-6-8-16-27)34(24-28-17-11-13-25(2)22-28)31(36)19-12-21-35(40(4,38)39)29-18-10-9-14-26(29)3/h6-11,13-18,22,30H,5,12,19-21,23-24H2,1-4H3,(H,33,37)/t30-/m1/s1. The highest BCUT2D eigenvalue weighted by Crippen LogP contribution is 2.23. The zero-order valence-electron chi connectivity index (χ0n) is 24.0. The summed E-state index contributed by atoms with van der Waals surface area (Å²) in [4.78, 5) is 29.0. The van der Waals surface area contributed by atoms with Gasteiger partial charge in [-0.15, -0.1) is 0 Å². The first-order chi connectivity index (χ1) is 19.1. The Kier molecular flexibility index (Phi) is 11.3. The van der Waals surface area contributed by atoms with Gasteiger partial charge < -0.3 is 10.2 Å². The largest absolute Gasteiger partial charge is 0.354 e. The second-order valence-electron chi connectivity index (χ2n) is 10.2. The van der Waals surface area contributed by atoms with Crippen molar-refractivity contribution in [3.05, 3.63) is 101 Å². The van der Waals surface area contributed by atoms with E-state index >= 15 is 0 Å². The Morgan fingerprint density at radius 3 is 2.23 bits per heavy atom. The minimum absolute atomic E-state index is 0.107. The van der Waals surface area contributed by atoms with Crippen LogP contribution < -0.4 is 9.62 Å². The highest BCUT2D eigenvalue weighted by molar-refractivity contribution is 7.92. The van der Waals surface area contributed by atoms with Gasteiger partial charge in [0.1, 0.15) is 6.04 Å². The number of carbonyl (C=O) groups excluding carboxylic acids is 2. The molecule has 3 aromatic rings. The van der Waals surface area contributed by atoms with Crippen LogP contribution in [0, 0.1) is 13.8 Å². The van der Waals surface area contributed by atoms with E-state index in [4.69, 9.17) is 0 Å². The number of aryl methyl sites for hydroxylation is 2. The Labute approximate surface area is 239 Å². The maximum Gasteiger partial charge on any atom is 0.243 e. The summed E-state index contributed by atoms with van der Waals surface area (Å²) >= 11 is 0. The Morgan fingerprint density at radius 2 is 1.57 bits per heavy atom. The topological polar surface area (TPSA) is 86.8 Å². The van der Waals surface area contributed by atoms with Crippen LogP contribution in [-0.2, 0) is 32.6 Å². The van der Waals surface area contributed by atoms with Crippen molar-refractivity contribution in [2.45, 2.75) is 59.0 Å². The smallest absolute Gasteiger partial charge is 0.243 e. The predicted octanol–water partition coefficient (Wildman–Crippen LogP) is 5.02. The SMILES string of the molecule is CCCNC(=O)[C@@H](Cc1ccccc1)N(Cc1cccc(C)c1)C(=O)CCCN(c1ccccc1C)S(C)(=O)=O. The quantitative estimate of drug-likeness (QED) is 0.299. The fourth-order valence-electron chi connectivity index (χ4n) is 4.75. The number of hydrogen-bond donors (Lipinski definition) is 1. The molecule has 0 fully saturated rings. The summed E-state index contributed by atoms with van der Waals surface area (Å²) in [6, 6.07) is 24.2. The number of amides is 2. The monoisotopic (exact) mass is 563 g/mol. The molecule has 40 heavy (non-hydrogen) atoms. The molecule has 0 aliphatic carbocycles. The van der Waals surface area contributed by atoms with Gasteiger partial charge in [0, 0.05) is 32.5 Å². The molecule has 3 aromatic carbocycles. The number of hydrogen-bond acceptors (Lipinski definition) is 4. The third-order valence-corrected chi connectivity index (χ3v) is 7.97. The number of benzene rings is 3. The van der Waals surface area contributed by atoms with Crippen LogP contribution in [0.3, 0.4) is 0 Å². The van der Waals surface area contributed by atoms with Gasteiger partial charge in [0.05, 0.1) is 11.9 Å². The van der Waals surface area contributed by atoms with E-state index in [1.807, 2.05) is 87.5 Å². The van der Waals surface area contributed by atoms with Gasteiger partial charge in [-0.05, 0) is 49.4 Å². The average Bonchev–Trinajstić information content (AvgIpc) is 2.92. The van der Waals surface area contributed by atoms with Gasteiger partial charge in [-0.2, -0.15) is 0 Å². The first-order valence-corrected chi connectivity index (χ1v) is 15.6. The fraction of sp³-hybridized carbons (Fsp3) is 0.375. The number of anilines is 1. The molecule has 3 rings (SSSR count). The molecule has 0 heterocycles. The van der Waals surface area contributed by atoms with Crippen LogP contribution in [0.15, 0.2) is 78.9 Å². The summed E-state index contributed by atoms with van der Waals surface area (Å²) in [5.41, 5.74) is 4.42. The Bertz CT molecular complexity index is 1380. The number of carbonyl (C=O) groups is 2. The highest BCUT2D eigenvalue weighted by Gasteiger charge is 2.30. The van der Waals surface area contributed by atoms with Crippen molar-refractivity contribution >= 4 is 27.5 Å². The summed E-state index contributed by atoms with van der Waals surface area (Å²) in [5.74, 6) is -0.378. The van der Waals surface area contributed by atoms with Crippen molar-refractivity contribution in [3.63, 3.8) is 0 Å². The second kappa shape index (κ2) is 14.7. The van der Waals surface area contributed by atoms with Crippen molar-refractivity contribution < 1.29 is 18.0 Å². The van der Waals surface area contributed by atoms with Crippen LogP contribution in [0.25, 0.3) is 0 Å². The van der Waals surface area contributed by atoms with Crippen LogP contribution in [0.5, 0.6) is 0 Å². The molecule has 0 saturated carbocycles. The van der Waals surface area contributed by atoms with Crippen LogP contribution in [-0.4, -0.2) is 50.5 Å². The molecule has 0 radical (unpaired) electrons. The zero-order chi connectivity index (χ0) is 29.1. The summed E-state index contributed by atoms with van der Waals surface area (Å²) in [6.45, 7) is 6.83. The van der Waals surface area contributed by atoms with E-state index in [0.717, 1.165) is 28.7 Å². The molecule has 0 aromatic heterocycles. The molecular weight excluding hydrogens is 522 g/mol. The molecular formula is C32H41N3O4S. The molecule has 0 aliphatic heterocycles. The summed E-state index contributed by atoms with van der Waals surface area (Å²) < 4.78 is 26.6. The molecule has 0 bridgehead atoms. The lowest BCUT2D eigenvalue weighted by molar-refractivity contribution is -0.141. The lowest BCUT2D eigenvalue weighted by Crippen LogP contribution is -2.50.